The lowest BCUT2D eigenvalue weighted by Crippen LogP contribution is -2.62. The lowest BCUT2D eigenvalue weighted by Gasteiger charge is -2.66. The van der Waals surface area contributed by atoms with Gasteiger partial charge in [0.15, 0.2) is 0 Å². The van der Waals surface area contributed by atoms with E-state index >= 15 is 0 Å². The van der Waals surface area contributed by atoms with Crippen molar-refractivity contribution in [1.29, 1.82) is 0 Å². The van der Waals surface area contributed by atoms with E-state index in [4.69, 9.17) is 0 Å². The Morgan fingerprint density at radius 1 is 0.941 bits per heavy atom. The summed E-state index contributed by atoms with van der Waals surface area (Å²) in [7, 11) is 0. The number of benzene rings is 1. The molecule has 1 saturated carbocycles. The van der Waals surface area contributed by atoms with Gasteiger partial charge < -0.3 is 0 Å². The highest BCUT2D eigenvalue weighted by Gasteiger charge is 2.66. The summed E-state index contributed by atoms with van der Waals surface area (Å²) in [5.41, 5.74) is 5.49. The van der Waals surface area contributed by atoms with Crippen molar-refractivity contribution in [3.05, 3.63) is 41.5 Å². The van der Waals surface area contributed by atoms with Crippen LogP contribution in [0.15, 0.2) is 30.3 Å². The minimum Gasteiger partial charge on any atom is -0.0693 e. The predicted octanol–water partition coefficient (Wildman–Crippen LogP) is 4.80. The molecule has 1 fully saturated rings. The van der Waals surface area contributed by atoms with Gasteiger partial charge in [-0.2, -0.15) is 0 Å². The summed E-state index contributed by atoms with van der Waals surface area (Å²) in [6.07, 6.45) is 3.85. The molecule has 2 aliphatic rings. The first kappa shape index (κ1) is 11.1. The van der Waals surface area contributed by atoms with Gasteiger partial charge in [0.1, 0.15) is 0 Å². The van der Waals surface area contributed by atoms with Gasteiger partial charge in [0.05, 0.1) is 0 Å². The molecule has 3 rings (SSSR count). The van der Waals surface area contributed by atoms with Crippen LogP contribution in [0, 0.1) is 10.8 Å². The van der Waals surface area contributed by atoms with Gasteiger partial charge in [-0.1, -0.05) is 58.0 Å². The standard InChI is InChI=1S/C17H22/c1-12-10-17(14-9-7-6-8-13(12)14)15(2,3)11-16(17,4)5/h6-10H,11H2,1-5H3. The van der Waals surface area contributed by atoms with Crippen molar-refractivity contribution in [3.63, 3.8) is 0 Å². The normalized spacial score (nSPS) is 26.3. The third-order valence-corrected chi connectivity index (χ3v) is 5.23. The van der Waals surface area contributed by atoms with Crippen LogP contribution in [-0.4, -0.2) is 0 Å². The van der Waals surface area contributed by atoms with Crippen LogP contribution >= 0.6 is 0 Å². The van der Waals surface area contributed by atoms with E-state index in [9.17, 15) is 0 Å². The minimum absolute atomic E-state index is 0.251. The number of hydrogen-bond donors (Lipinski definition) is 0. The van der Waals surface area contributed by atoms with Gasteiger partial charge in [-0.15, -0.1) is 0 Å². The zero-order valence-corrected chi connectivity index (χ0v) is 11.6. The second-order valence-corrected chi connectivity index (χ2v) is 7.13. The predicted molar refractivity (Wildman–Crippen MR) is 74.0 cm³/mol. The lowest BCUT2D eigenvalue weighted by atomic mass is 9.37. The van der Waals surface area contributed by atoms with Crippen molar-refractivity contribution in [2.75, 3.05) is 0 Å². The van der Waals surface area contributed by atoms with Gasteiger partial charge in [-0.05, 0) is 40.9 Å². The Balaban J connectivity index is 2.30. The van der Waals surface area contributed by atoms with Crippen molar-refractivity contribution in [3.8, 4) is 0 Å². The van der Waals surface area contributed by atoms with Crippen LogP contribution in [0.25, 0.3) is 5.57 Å². The fourth-order valence-corrected chi connectivity index (χ4v) is 4.96. The molecule has 1 aromatic rings. The van der Waals surface area contributed by atoms with Crippen LogP contribution in [0.1, 0.15) is 52.2 Å². The first-order chi connectivity index (χ1) is 7.82. The summed E-state index contributed by atoms with van der Waals surface area (Å²) in [4.78, 5) is 0. The zero-order chi connectivity index (χ0) is 12.5. The van der Waals surface area contributed by atoms with Crippen LogP contribution in [0.3, 0.4) is 0 Å². The molecule has 17 heavy (non-hydrogen) atoms. The van der Waals surface area contributed by atoms with Crippen LogP contribution in [0.5, 0.6) is 0 Å². The molecule has 0 N–H and O–H groups in total. The Kier molecular flexibility index (Phi) is 1.86. The van der Waals surface area contributed by atoms with Gasteiger partial charge in [-0.3, -0.25) is 0 Å². The topological polar surface area (TPSA) is 0 Å². The van der Waals surface area contributed by atoms with Gasteiger partial charge in [0.25, 0.3) is 0 Å². The highest BCUT2D eigenvalue weighted by atomic mass is 14.7. The van der Waals surface area contributed by atoms with Crippen molar-refractivity contribution < 1.29 is 0 Å². The van der Waals surface area contributed by atoms with E-state index in [1.54, 1.807) is 5.56 Å². The van der Waals surface area contributed by atoms with Gasteiger partial charge in [0.2, 0.25) is 0 Å². The van der Waals surface area contributed by atoms with Crippen molar-refractivity contribution in [2.45, 2.75) is 46.5 Å². The van der Waals surface area contributed by atoms with E-state index in [2.05, 4.69) is 65.0 Å². The zero-order valence-electron chi connectivity index (χ0n) is 11.6. The molecular weight excluding hydrogens is 204 g/mol. The average Bonchev–Trinajstić information content (AvgIpc) is 2.54. The summed E-state index contributed by atoms with van der Waals surface area (Å²) in [5.74, 6) is 0. The summed E-state index contributed by atoms with van der Waals surface area (Å²) < 4.78 is 0. The van der Waals surface area contributed by atoms with E-state index in [0.29, 0.717) is 10.8 Å². The summed E-state index contributed by atoms with van der Waals surface area (Å²) in [5, 5.41) is 0. The van der Waals surface area contributed by atoms with Crippen molar-refractivity contribution in [2.24, 2.45) is 10.8 Å². The maximum Gasteiger partial charge on any atom is 0.0246 e. The van der Waals surface area contributed by atoms with Gasteiger partial charge in [0, 0.05) is 5.41 Å². The first-order valence-corrected chi connectivity index (χ1v) is 6.61. The fraction of sp³-hybridized carbons (Fsp3) is 0.529. The maximum absolute atomic E-state index is 2.54. The average molecular weight is 226 g/mol. The summed E-state index contributed by atoms with van der Waals surface area (Å²) in [6, 6.07) is 8.97. The van der Waals surface area contributed by atoms with Crippen molar-refractivity contribution in [1.82, 2.24) is 0 Å². The van der Waals surface area contributed by atoms with E-state index in [0.717, 1.165) is 0 Å². The van der Waals surface area contributed by atoms with Crippen LogP contribution in [0.4, 0.5) is 0 Å². The molecule has 0 heteroatoms. The molecule has 1 spiro atoms. The molecular formula is C17H22. The molecule has 0 atom stereocenters. The second kappa shape index (κ2) is 2.85. The monoisotopic (exact) mass is 226 g/mol. The highest BCUT2D eigenvalue weighted by molar-refractivity contribution is 5.77. The highest BCUT2D eigenvalue weighted by Crippen LogP contribution is 2.71. The van der Waals surface area contributed by atoms with Crippen LogP contribution in [-0.2, 0) is 5.41 Å². The molecule has 0 aromatic heterocycles. The Morgan fingerprint density at radius 3 is 2.12 bits per heavy atom. The molecule has 0 nitrogen and oxygen atoms in total. The summed E-state index contributed by atoms with van der Waals surface area (Å²) in [6.45, 7) is 11.9. The minimum atomic E-state index is 0.251. The molecule has 0 saturated heterocycles. The fourth-order valence-electron chi connectivity index (χ4n) is 4.96. The van der Waals surface area contributed by atoms with Crippen LogP contribution < -0.4 is 0 Å². The number of allylic oxidation sites excluding steroid dienone is 2. The summed E-state index contributed by atoms with van der Waals surface area (Å²) >= 11 is 0. The lowest BCUT2D eigenvalue weighted by molar-refractivity contribution is -0.0813. The molecule has 0 aliphatic heterocycles. The van der Waals surface area contributed by atoms with E-state index in [1.165, 1.54) is 17.6 Å². The van der Waals surface area contributed by atoms with Crippen LogP contribution in [0.2, 0.25) is 0 Å². The molecule has 1 aromatic carbocycles. The second-order valence-electron chi connectivity index (χ2n) is 7.13. The number of rotatable bonds is 0. The van der Waals surface area contributed by atoms with Crippen molar-refractivity contribution >= 4 is 5.57 Å². The third-order valence-electron chi connectivity index (χ3n) is 5.23. The quantitative estimate of drug-likeness (QED) is 0.596. The largest absolute Gasteiger partial charge is 0.0693 e. The van der Waals surface area contributed by atoms with E-state index in [-0.39, 0.29) is 5.41 Å². The van der Waals surface area contributed by atoms with Gasteiger partial charge >= 0.3 is 0 Å². The molecule has 2 aliphatic carbocycles. The third kappa shape index (κ3) is 1.05. The van der Waals surface area contributed by atoms with E-state index in [1.807, 2.05) is 0 Å². The first-order valence-electron chi connectivity index (χ1n) is 6.61. The smallest absolute Gasteiger partial charge is 0.0246 e. The molecule has 0 unspecified atom stereocenters. The van der Waals surface area contributed by atoms with Gasteiger partial charge in [-0.25, -0.2) is 0 Å². The molecule has 0 bridgehead atoms. The molecule has 0 amide bonds. The molecule has 0 heterocycles. The Morgan fingerprint density at radius 2 is 1.53 bits per heavy atom. The SMILES string of the molecule is CC1=CC2(c3ccccc31)C(C)(C)CC2(C)C. The Bertz CT molecular complexity index is 501. The molecule has 90 valence electrons. The maximum atomic E-state index is 2.54. The Hall–Kier alpha value is -1.04. The molecule has 0 radical (unpaired) electrons. The Labute approximate surface area is 105 Å². The van der Waals surface area contributed by atoms with E-state index < -0.39 is 0 Å². The number of hydrogen-bond acceptors (Lipinski definition) is 0. The number of fused-ring (bicyclic) bond motifs is 2.